The monoisotopic (exact) mass is 498 g/mol. The second kappa shape index (κ2) is 10.1. The van der Waals surface area contributed by atoms with Gasteiger partial charge in [0.1, 0.15) is 11.5 Å². The molecule has 0 saturated carbocycles. The van der Waals surface area contributed by atoms with Crippen LogP contribution in [0.5, 0.6) is 5.75 Å². The Morgan fingerprint density at radius 3 is 2.69 bits per heavy atom. The number of nitrogens with one attached hydrogen (secondary N) is 1. The maximum atomic E-state index is 14.9. The van der Waals surface area contributed by atoms with Crippen LogP contribution in [-0.2, 0) is 29.9 Å². The van der Waals surface area contributed by atoms with E-state index in [0.717, 1.165) is 43.6 Å². The first-order chi connectivity index (χ1) is 16.9. The second-order valence-electron chi connectivity index (χ2n) is 9.49. The van der Waals surface area contributed by atoms with Gasteiger partial charge >= 0.3 is 0 Å². The van der Waals surface area contributed by atoms with Gasteiger partial charge in [0.2, 0.25) is 10.0 Å². The molecule has 0 radical (unpaired) electrons. The Kier molecular flexibility index (Phi) is 6.91. The third-order valence-electron chi connectivity index (χ3n) is 7.03. The Morgan fingerprint density at radius 2 is 2.00 bits per heavy atom. The molecular formula is C26H31FN4O3S. The van der Waals surface area contributed by atoms with Crippen molar-refractivity contribution in [3.63, 3.8) is 0 Å². The van der Waals surface area contributed by atoms with Crippen molar-refractivity contribution in [2.45, 2.75) is 30.1 Å². The average Bonchev–Trinajstić information content (AvgIpc) is 3.39. The van der Waals surface area contributed by atoms with E-state index < -0.39 is 15.8 Å². The Hall–Kier alpha value is -2.75. The van der Waals surface area contributed by atoms with E-state index in [2.05, 4.69) is 39.0 Å². The number of aryl methyl sites for hydroxylation is 1. The lowest BCUT2D eigenvalue weighted by molar-refractivity contribution is 0.145. The van der Waals surface area contributed by atoms with Crippen molar-refractivity contribution in [2.24, 2.45) is 13.0 Å². The number of hydrogen-bond donors (Lipinski definition) is 1. The van der Waals surface area contributed by atoms with Crippen LogP contribution in [0.15, 0.2) is 59.8 Å². The molecule has 2 aliphatic rings. The fraction of sp³-hybridized carbons (Fsp3) is 0.423. The van der Waals surface area contributed by atoms with Crippen LogP contribution in [-0.4, -0.2) is 55.9 Å². The van der Waals surface area contributed by atoms with E-state index in [-0.39, 0.29) is 23.8 Å². The molecule has 7 nitrogen and oxygen atoms in total. The number of sulfonamides is 1. The van der Waals surface area contributed by atoms with E-state index in [1.807, 2.05) is 12.1 Å². The molecule has 1 N–H and O–H groups in total. The number of nitrogens with zero attached hydrogens (tertiary/aromatic N) is 3. The zero-order valence-corrected chi connectivity index (χ0v) is 20.7. The van der Waals surface area contributed by atoms with Gasteiger partial charge in [-0.15, -0.1) is 0 Å². The quantitative estimate of drug-likeness (QED) is 0.435. The summed E-state index contributed by atoms with van der Waals surface area (Å²) in [5.41, 5.74) is 3.47. The number of hydrogen-bond acceptors (Lipinski definition) is 5. The predicted octanol–water partition coefficient (Wildman–Crippen LogP) is 3.12. The van der Waals surface area contributed by atoms with E-state index in [0.29, 0.717) is 11.8 Å². The van der Waals surface area contributed by atoms with E-state index in [1.165, 1.54) is 29.1 Å². The summed E-state index contributed by atoms with van der Waals surface area (Å²) in [5.74, 6) is 0.500. The number of ether oxygens (including phenoxy) is 1. The van der Waals surface area contributed by atoms with Crippen LogP contribution < -0.4 is 9.46 Å². The highest BCUT2D eigenvalue weighted by molar-refractivity contribution is 7.89. The summed E-state index contributed by atoms with van der Waals surface area (Å²) < 4.78 is 49.2. The highest BCUT2D eigenvalue weighted by Gasteiger charge is 2.35. The van der Waals surface area contributed by atoms with Crippen LogP contribution >= 0.6 is 0 Å². The molecule has 5 rings (SSSR count). The number of benzene rings is 2. The van der Waals surface area contributed by atoms with Gasteiger partial charge in [-0.1, -0.05) is 30.3 Å². The zero-order valence-electron chi connectivity index (χ0n) is 19.9. The summed E-state index contributed by atoms with van der Waals surface area (Å²) in [6.07, 6.45) is 5.73. The van der Waals surface area contributed by atoms with E-state index in [9.17, 15) is 12.8 Å². The van der Waals surface area contributed by atoms with Gasteiger partial charge < -0.3 is 9.64 Å². The fourth-order valence-electron chi connectivity index (χ4n) is 5.11. The molecule has 1 fully saturated rings. The molecule has 3 aromatic rings. The van der Waals surface area contributed by atoms with Crippen molar-refractivity contribution in [1.29, 1.82) is 0 Å². The van der Waals surface area contributed by atoms with E-state index in [1.54, 1.807) is 13.1 Å². The SMILES string of the molecule is Cn1cc(S(=O)(=O)NCCOc2cc3c(cc2F)CC(CN2CCC2)C3Cc2ccccc2)cn1. The van der Waals surface area contributed by atoms with Crippen molar-refractivity contribution in [2.75, 3.05) is 32.8 Å². The van der Waals surface area contributed by atoms with Crippen LogP contribution in [0.25, 0.3) is 0 Å². The smallest absolute Gasteiger partial charge is 0.243 e. The van der Waals surface area contributed by atoms with E-state index >= 15 is 0 Å². The first kappa shape index (κ1) is 24.0. The lowest BCUT2D eigenvalue weighted by Gasteiger charge is -2.35. The molecule has 2 unspecified atom stereocenters. The standard InChI is InChI=1S/C26H31FN4O3S/c1-30-18-22(16-28-30)35(32,33)29-8-11-34-26-15-24-20(14-25(26)27)13-21(17-31-9-5-10-31)23(24)12-19-6-3-2-4-7-19/h2-4,6-7,14-16,18,21,23,29H,5,8-13,17H2,1H3. The first-order valence-electron chi connectivity index (χ1n) is 12.1. The molecule has 1 aromatic heterocycles. The van der Waals surface area contributed by atoms with Crippen LogP contribution in [0.4, 0.5) is 4.39 Å². The number of aromatic nitrogens is 2. The number of fused-ring (bicyclic) bond motifs is 1. The third kappa shape index (κ3) is 5.42. The maximum absolute atomic E-state index is 14.9. The molecule has 2 aromatic carbocycles. The molecule has 0 amide bonds. The number of halogens is 1. The first-order valence-corrected chi connectivity index (χ1v) is 13.6. The largest absolute Gasteiger partial charge is 0.489 e. The normalized spacial score (nSPS) is 19.9. The Labute approximate surface area is 206 Å². The molecular weight excluding hydrogens is 467 g/mol. The predicted molar refractivity (Wildman–Crippen MR) is 131 cm³/mol. The third-order valence-corrected chi connectivity index (χ3v) is 8.44. The number of likely N-dealkylation sites (tertiary alicyclic amines) is 1. The molecule has 0 bridgehead atoms. The highest BCUT2D eigenvalue weighted by atomic mass is 32.2. The van der Waals surface area contributed by atoms with E-state index in [4.69, 9.17) is 4.74 Å². The van der Waals surface area contributed by atoms with Crippen molar-refractivity contribution >= 4 is 10.0 Å². The Morgan fingerprint density at radius 1 is 1.20 bits per heavy atom. The molecule has 1 aliphatic carbocycles. The van der Waals surface area contributed by atoms with Gasteiger partial charge in [0.05, 0.1) is 6.20 Å². The van der Waals surface area contributed by atoms with Gasteiger partial charge in [0, 0.05) is 26.3 Å². The molecule has 2 atom stereocenters. The van der Waals surface area contributed by atoms with Gasteiger partial charge in [-0.2, -0.15) is 5.10 Å². The highest BCUT2D eigenvalue weighted by Crippen LogP contribution is 2.43. The molecule has 186 valence electrons. The van der Waals surface area contributed by atoms with Crippen LogP contribution in [0.3, 0.4) is 0 Å². The molecule has 35 heavy (non-hydrogen) atoms. The summed E-state index contributed by atoms with van der Waals surface area (Å²) in [5, 5.41) is 3.89. The summed E-state index contributed by atoms with van der Waals surface area (Å²) in [4.78, 5) is 2.57. The Balaban J connectivity index is 1.28. The molecule has 2 heterocycles. The van der Waals surface area contributed by atoms with Crippen LogP contribution in [0, 0.1) is 11.7 Å². The molecule has 9 heteroatoms. The summed E-state index contributed by atoms with van der Waals surface area (Å²) in [6, 6.07) is 13.9. The van der Waals surface area contributed by atoms with Gasteiger partial charge in [-0.25, -0.2) is 17.5 Å². The minimum atomic E-state index is -3.68. The summed E-state index contributed by atoms with van der Waals surface area (Å²) in [7, 11) is -2.03. The zero-order chi connectivity index (χ0) is 24.4. The minimum absolute atomic E-state index is 0.0236. The van der Waals surface area contributed by atoms with Crippen molar-refractivity contribution in [3.05, 3.63) is 77.4 Å². The van der Waals surface area contributed by atoms with Crippen molar-refractivity contribution < 1.29 is 17.5 Å². The molecule has 0 spiro atoms. The number of rotatable bonds is 10. The van der Waals surface area contributed by atoms with Gasteiger partial charge in [-0.05, 0) is 73.0 Å². The Bertz CT molecular complexity index is 1280. The summed E-state index contributed by atoms with van der Waals surface area (Å²) >= 11 is 0. The lowest BCUT2D eigenvalue weighted by Crippen LogP contribution is -2.41. The average molecular weight is 499 g/mol. The van der Waals surface area contributed by atoms with Crippen molar-refractivity contribution in [1.82, 2.24) is 19.4 Å². The van der Waals surface area contributed by atoms with Gasteiger partial charge in [-0.3, -0.25) is 4.68 Å². The lowest BCUT2D eigenvalue weighted by atomic mass is 9.86. The maximum Gasteiger partial charge on any atom is 0.243 e. The van der Waals surface area contributed by atoms with Gasteiger partial charge in [0.25, 0.3) is 0 Å². The van der Waals surface area contributed by atoms with Crippen LogP contribution in [0.1, 0.15) is 29.0 Å². The molecule has 1 aliphatic heterocycles. The minimum Gasteiger partial charge on any atom is -0.489 e. The second-order valence-corrected chi connectivity index (χ2v) is 11.3. The van der Waals surface area contributed by atoms with Crippen molar-refractivity contribution in [3.8, 4) is 5.75 Å². The molecule has 1 saturated heterocycles. The summed E-state index contributed by atoms with van der Waals surface area (Å²) in [6.45, 7) is 3.36. The van der Waals surface area contributed by atoms with Gasteiger partial charge in [0.15, 0.2) is 11.6 Å². The van der Waals surface area contributed by atoms with Crippen LogP contribution in [0.2, 0.25) is 0 Å². The topological polar surface area (TPSA) is 76.5 Å². The fourth-order valence-corrected chi connectivity index (χ4v) is 6.11.